The van der Waals surface area contributed by atoms with Crippen LogP contribution in [-0.4, -0.2) is 76.5 Å². The van der Waals surface area contributed by atoms with Crippen LogP contribution in [0.4, 0.5) is 0 Å². The fraction of sp³-hybridized carbons (Fsp3) is 0.538. The Labute approximate surface area is 213 Å². The molecule has 9 nitrogen and oxygen atoms in total. The van der Waals surface area contributed by atoms with Gasteiger partial charge < -0.3 is 25.6 Å². The lowest BCUT2D eigenvalue weighted by atomic mass is 9.92. The number of ketones is 1. The van der Waals surface area contributed by atoms with E-state index in [1.807, 2.05) is 30.5 Å². The van der Waals surface area contributed by atoms with Crippen molar-refractivity contribution in [2.45, 2.75) is 49.1 Å². The van der Waals surface area contributed by atoms with Crippen molar-refractivity contribution in [1.29, 1.82) is 0 Å². The number of hydrogen-bond donors (Lipinski definition) is 4. The Bertz CT molecular complexity index is 1200. The van der Waals surface area contributed by atoms with Gasteiger partial charge in [0.1, 0.15) is 18.3 Å². The topological polar surface area (TPSA) is 132 Å². The van der Waals surface area contributed by atoms with Crippen molar-refractivity contribution < 1.29 is 24.3 Å². The minimum Gasteiger partial charge on any atom is -0.389 e. The summed E-state index contributed by atoms with van der Waals surface area (Å²) < 4.78 is 0. The molecule has 10 heteroatoms. The Kier molecular flexibility index (Phi) is 7.07. The van der Waals surface area contributed by atoms with E-state index < -0.39 is 24.5 Å². The second-order valence-electron chi connectivity index (χ2n) is 10.1. The molecule has 4 N–H and O–H groups in total. The molecular formula is C26H32N4O5S. The lowest BCUT2D eigenvalue weighted by molar-refractivity contribution is -0.133. The Morgan fingerprint density at radius 1 is 1.25 bits per heavy atom. The number of aliphatic hydroxyl groups is 1. The van der Waals surface area contributed by atoms with E-state index in [0.717, 1.165) is 35.1 Å². The zero-order valence-electron chi connectivity index (χ0n) is 20.3. The van der Waals surface area contributed by atoms with Crippen LogP contribution in [0.2, 0.25) is 0 Å². The van der Waals surface area contributed by atoms with Crippen molar-refractivity contribution in [2.75, 3.05) is 26.0 Å². The smallest absolute Gasteiger partial charge is 0.271 e. The molecule has 1 aromatic carbocycles. The number of thioether (sulfide) groups is 1. The Hall–Kier alpha value is -2.85. The summed E-state index contributed by atoms with van der Waals surface area (Å²) in [6.45, 7) is 0.316. The maximum absolute atomic E-state index is 13.7. The van der Waals surface area contributed by atoms with Crippen LogP contribution in [0.15, 0.2) is 29.2 Å². The van der Waals surface area contributed by atoms with Gasteiger partial charge in [-0.2, -0.15) is 0 Å². The average molecular weight is 513 g/mol. The molecule has 3 heterocycles. The van der Waals surface area contributed by atoms with Gasteiger partial charge >= 0.3 is 0 Å². The fourth-order valence-corrected chi connectivity index (χ4v) is 6.82. The van der Waals surface area contributed by atoms with Gasteiger partial charge in [0.25, 0.3) is 5.91 Å². The second kappa shape index (κ2) is 10.3. The standard InChI is InChI=1S/C26H32N4O5S/c1-36-22-7-3-6-18-17(22)11-20(28-18)26(35)30-12-15-4-2-5-16(15)23(30)25(34)29-19(21(32)13-31)10-14-8-9-27-24(14)33/h3,6-7,11,14-16,19,23,28,31H,2,4-5,8-10,12-13H2,1H3,(H,27,33)(H,29,34). The molecular weight excluding hydrogens is 480 g/mol. The number of aliphatic hydroxyl groups excluding tert-OH is 1. The molecule has 5 atom stereocenters. The number of fused-ring (bicyclic) bond motifs is 2. The quantitative estimate of drug-likeness (QED) is 0.398. The number of carbonyl (C=O) groups excluding carboxylic acids is 4. The van der Waals surface area contributed by atoms with Crippen molar-refractivity contribution in [3.05, 3.63) is 30.0 Å². The van der Waals surface area contributed by atoms with Gasteiger partial charge in [-0.1, -0.05) is 12.5 Å². The van der Waals surface area contributed by atoms with E-state index >= 15 is 0 Å². The van der Waals surface area contributed by atoms with Gasteiger partial charge in [0.2, 0.25) is 11.8 Å². The zero-order valence-corrected chi connectivity index (χ0v) is 21.1. The molecule has 1 saturated carbocycles. The van der Waals surface area contributed by atoms with Crippen LogP contribution in [0.5, 0.6) is 0 Å². The number of H-pyrrole nitrogens is 1. The van der Waals surface area contributed by atoms with E-state index in [0.29, 0.717) is 25.2 Å². The van der Waals surface area contributed by atoms with Gasteiger partial charge in [0, 0.05) is 34.8 Å². The highest BCUT2D eigenvalue weighted by Gasteiger charge is 2.50. The number of hydrogen-bond acceptors (Lipinski definition) is 6. The lowest BCUT2D eigenvalue weighted by Crippen LogP contribution is -2.53. The van der Waals surface area contributed by atoms with E-state index in [1.165, 1.54) is 0 Å². The molecule has 192 valence electrons. The van der Waals surface area contributed by atoms with Crippen molar-refractivity contribution in [3.8, 4) is 0 Å². The number of carbonyl (C=O) groups is 4. The van der Waals surface area contributed by atoms with Crippen LogP contribution < -0.4 is 10.6 Å². The summed E-state index contributed by atoms with van der Waals surface area (Å²) >= 11 is 1.61. The molecule has 3 fully saturated rings. The summed E-state index contributed by atoms with van der Waals surface area (Å²) in [7, 11) is 0. The number of nitrogens with zero attached hydrogens (tertiary/aromatic N) is 1. The molecule has 1 aromatic heterocycles. The lowest BCUT2D eigenvalue weighted by Gasteiger charge is -2.29. The van der Waals surface area contributed by atoms with Gasteiger partial charge in [-0.15, -0.1) is 11.8 Å². The summed E-state index contributed by atoms with van der Waals surface area (Å²) in [4.78, 5) is 57.9. The predicted molar refractivity (Wildman–Crippen MR) is 135 cm³/mol. The summed E-state index contributed by atoms with van der Waals surface area (Å²) in [6, 6.07) is 6.07. The third-order valence-electron chi connectivity index (χ3n) is 8.04. The van der Waals surface area contributed by atoms with Gasteiger partial charge in [-0.25, -0.2) is 0 Å². The minimum atomic E-state index is -0.967. The van der Waals surface area contributed by atoms with Crippen LogP contribution in [0.3, 0.4) is 0 Å². The number of aromatic amines is 1. The third kappa shape index (κ3) is 4.52. The maximum Gasteiger partial charge on any atom is 0.271 e. The maximum atomic E-state index is 13.7. The number of nitrogens with one attached hydrogen (secondary N) is 3. The van der Waals surface area contributed by atoms with Crippen molar-refractivity contribution in [2.24, 2.45) is 17.8 Å². The Balaban J connectivity index is 1.39. The molecule has 3 amide bonds. The monoisotopic (exact) mass is 512 g/mol. The molecule has 2 aromatic rings. The molecule has 36 heavy (non-hydrogen) atoms. The normalized spacial score (nSPS) is 26.2. The number of benzene rings is 1. The minimum absolute atomic E-state index is 0.0275. The molecule has 2 aliphatic heterocycles. The third-order valence-corrected chi connectivity index (χ3v) is 8.83. The molecule has 5 rings (SSSR count). The van der Waals surface area contributed by atoms with Gasteiger partial charge in [-0.05, 0) is 62.0 Å². The highest BCUT2D eigenvalue weighted by atomic mass is 32.2. The van der Waals surface area contributed by atoms with Crippen molar-refractivity contribution >= 4 is 46.2 Å². The number of Topliss-reactive ketones (excluding diaryl/α,β-unsaturated/α-hetero) is 1. The first-order chi connectivity index (χ1) is 17.4. The first-order valence-electron chi connectivity index (χ1n) is 12.6. The molecule has 0 radical (unpaired) electrons. The van der Waals surface area contributed by atoms with Crippen LogP contribution in [0.25, 0.3) is 10.9 Å². The largest absolute Gasteiger partial charge is 0.389 e. The van der Waals surface area contributed by atoms with Crippen LogP contribution in [0, 0.1) is 17.8 Å². The molecule has 2 saturated heterocycles. The number of aromatic nitrogens is 1. The highest BCUT2D eigenvalue weighted by Crippen LogP contribution is 2.43. The summed E-state index contributed by atoms with van der Waals surface area (Å²) in [5.74, 6) is -1.40. The molecule has 1 aliphatic carbocycles. The van der Waals surface area contributed by atoms with Gasteiger partial charge in [0.05, 0.1) is 6.04 Å². The van der Waals surface area contributed by atoms with E-state index in [4.69, 9.17) is 0 Å². The average Bonchev–Trinajstić information content (AvgIpc) is 3.66. The van der Waals surface area contributed by atoms with E-state index in [1.54, 1.807) is 16.7 Å². The first kappa shape index (κ1) is 24.8. The van der Waals surface area contributed by atoms with E-state index in [-0.39, 0.29) is 41.9 Å². The second-order valence-corrected chi connectivity index (χ2v) is 10.9. The number of likely N-dealkylation sites (tertiary alicyclic amines) is 1. The number of amides is 3. The van der Waals surface area contributed by atoms with E-state index in [9.17, 15) is 24.3 Å². The van der Waals surface area contributed by atoms with Gasteiger partial charge in [-0.3, -0.25) is 19.2 Å². The fourth-order valence-electron chi connectivity index (χ4n) is 6.22. The van der Waals surface area contributed by atoms with E-state index in [2.05, 4.69) is 15.6 Å². The van der Waals surface area contributed by atoms with Crippen molar-refractivity contribution in [1.82, 2.24) is 20.5 Å². The summed E-state index contributed by atoms with van der Waals surface area (Å²) in [6.07, 6.45) is 5.53. The van der Waals surface area contributed by atoms with Crippen LogP contribution in [-0.2, 0) is 14.4 Å². The predicted octanol–water partition coefficient (Wildman–Crippen LogP) is 1.70. The Morgan fingerprint density at radius 2 is 2.08 bits per heavy atom. The molecule has 3 aliphatic rings. The summed E-state index contributed by atoms with van der Waals surface area (Å²) in [5.41, 5.74) is 1.31. The zero-order chi connectivity index (χ0) is 25.4. The molecule has 5 unspecified atom stereocenters. The SMILES string of the molecule is CSc1cccc2[nH]c(C(=O)N3CC4CCCC4C3C(=O)NC(CC3CCNC3=O)C(=O)CO)cc12. The Morgan fingerprint density at radius 3 is 2.81 bits per heavy atom. The summed E-state index contributed by atoms with van der Waals surface area (Å²) in [5, 5.41) is 16.0. The van der Waals surface area contributed by atoms with Gasteiger partial charge in [0.15, 0.2) is 5.78 Å². The molecule has 0 bridgehead atoms. The van der Waals surface area contributed by atoms with Crippen LogP contribution in [0.1, 0.15) is 42.6 Å². The molecule has 0 spiro atoms. The van der Waals surface area contributed by atoms with Crippen LogP contribution >= 0.6 is 11.8 Å². The number of rotatable bonds is 8. The highest BCUT2D eigenvalue weighted by molar-refractivity contribution is 7.98. The van der Waals surface area contributed by atoms with Crippen molar-refractivity contribution in [3.63, 3.8) is 0 Å². The first-order valence-corrected chi connectivity index (χ1v) is 13.8.